The largest absolute Gasteiger partial charge is 0.355 e. The third-order valence-corrected chi connectivity index (χ3v) is 6.67. The van der Waals surface area contributed by atoms with Gasteiger partial charge in [0.1, 0.15) is 11.6 Å². The lowest BCUT2D eigenvalue weighted by Crippen LogP contribution is -2.38. The summed E-state index contributed by atoms with van der Waals surface area (Å²) in [6, 6.07) is 6.11. The van der Waals surface area contributed by atoms with Crippen LogP contribution in [0.1, 0.15) is 23.9 Å². The molecule has 1 aromatic heterocycles. The highest BCUT2D eigenvalue weighted by Gasteiger charge is 2.20. The summed E-state index contributed by atoms with van der Waals surface area (Å²) >= 11 is 6.60. The number of aromatic nitrogens is 2. The number of anilines is 1. The maximum absolute atomic E-state index is 11.7. The summed E-state index contributed by atoms with van der Waals surface area (Å²) in [4.78, 5) is 6.72. The van der Waals surface area contributed by atoms with Crippen molar-refractivity contribution in [2.45, 2.75) is 20.3 Å². The minimum Gasteiger partial charge on any atom is -0.355 e. The van der Waals surface area contributed by atoms with Gasteiger partial charge in [0.2, 0.25) is 0 Å². The molecule has 1 fully saturated rings. The summed E-state index contributed by atoms with van der Waals surface area (Å²) in [5, 5.41) is 0.688. The van der Waals surface area contributed by atoms with Gasteiger partial charge in [-0.05, 0) is 30.5 Å². The first-order valence-electron chi connectivity index (χ1n) is 9.47. The van der Waals surface area contributed by atoms with Crippen molar-refractivity contribution in [3.63, 3.8) is 0 Å². The van der Waals surface area contributed by atoms with Crippen LogP contribution in [0.2, 0.25) is 5.02 Å². The van der Waals surface area contributed by atoms with Crippen molar-refractivity contribution >= 4 is 40.0 Å². The molecule has 0 spiro atoms. The van der Waals surface area contributed by atoms with Crippen molar-refractivity contribution in [1.82, 2.24) is 9.55 Å². The molecular weight excluding hydrogens is 392 g/mol. The molecule has 0 aliphatic carbocycles. The average Bonchev–Trinajstić information content (AvgIpc) is 3.06. The maximum Gasteiger partial charge on any atom is 0.133 e. The number of aryl methyl sites for hydroxylation is 2. The molecule has 2 heterocycles. The minimum absolute atomic E-state index is 0.337. The van der Waals surface area contributed by atoms with Crippen LogP contribution < -0.4 is 10.6 Å². The molecule has 0 saturated carbocycles. The molecule has 0 atom stereocenters. The first kappa shape index (κ1) is 20.8. The zero-order chi connectivity index (χ0) is 20.3. The van der Waals surface area contributed by atoms with Crippen LogP contribution in [0.4, 0.5) is 5.82 Å². The van der Waals surface area contributed by atoms with Gasteiger partial charge in [0, 0.05) is 64.3 Å². The number of nitrogens with two attached hydrogens (primary N) is 1. The van der Waals surface area contributed by atoms with Crippen LogP contribution in [0.15, 0.2) is 36.5 Å². The Kier molecular flexibility index (Phi) is 6.75. The van der Waals surface area contributed by atoms with Crippen LogP contribution in [-0.4, -0.2) is 44.9 Å². The average molecular weight is 419 g/mol. The summed E-state index contributed by atoms with van der Waals surface area (Å²) in [7, 11) is -0.725. The number of nitrogens with zero attached hydrogens (tertiary/aromatic N) is 3. The molecule has 0 bridgehead atoms. The van der Waals surface area contributed by atoms with Crippen LogP contribution >= 0.6 is 11.6 Å². The fourth-order valence-corrected chi connectivity index (χ4v) is 4.65. The quantitative estimate of drug-likeness (QED) is 0.729. The molecule has 7 heteroatoms. The molecule has 150 valence electrons. The normalized spacial score (nSPS) is 15.9. The van der Waals surface area contributed by atoms with E-state index in [2.05, 4.69) is 34.0 Å². The van der Waals surface area contributed by atoms with Gasteiger partial charge in [-0.1, -0.05) is 37.2 Å². The summed E-state index contributed by atoms with van der Waals surface area (Å²) in [6.07, 6.45) is 4.81. The number of hydrogen-bond acceptors (Lipinski definition) is 4. The molecule has 0 amide bonds. The fraction of sp³-hybridized carbons (Fsp3) is 0.381. The van der Waals surface area contributed by atoms with Gasteiger partial charge in [-0.25, -0.2) is 4.98 Å². The molecule has 28 heavy (non-hydrogen) atoms. The van der Waals surface area contributed by atoms with Gasteiger partial charge >= 0.3 is 0 Å². The van der Waals surface area contributed by atoms with E-state index in [-0.39, 0.29) is 0 Å². The van der Waals surface area contributed by atoms with E-state index in [1.165, 1.54) is 5.56 Å². The van der Waals surface area contributed by atoms with Gasteiger partial charge < -0.3 is 10.6 Å². The number of halogens is 1. The van der Waals surface area contributed by atoms with E-state index in [1.54, 1.807) is 0 Å². The third-order valence-electron chi connectivity index (χ3n) is 5.08. The number of hydrogen-bond donors (Lipinski definition) is 1. The van der Waals surface area contributed by atoms with E-state index >= 15 is 0 Å². The van der Waals surface area contributed by atoms with Crippen molar-refractivity contribution in [3.8, 4) is 0 Å². The SMILES string of the molecule is C=C(CN)/C(=C\n1c(N2CCS(=O)CC2)cnc1C)c1ccc(CC)cc1Cl. The van der Waals surface area contributed by atoms with Crippen LogP contribution in [0.5, 0.6) is 0 Å². The molecule has 0 radical (unpaired) electrons. The Morgan fingerprint density at radius 3 is 2.71 bits per heavy atom. The molecule has 3 rings (SSSR count). The summed E-state index contributed by atoms with van der Waals surface area (Å²) < 4.78 is 13.8. The van der Waals surface area contributed by atoms with Crippen molar-refractivity contribution < 1.29 is 4.21 Å². The van der Waals surface area contributed by atoms with E-state index in [1.807, 2.05) is 31.5 Å². The predicted molar refractivity (Wildman–Crippen MR) is 120 cm³/mol. The van der Waals surface area contributed by atoms with Crippen LogP contribution in [0.3, 0.4) is 0 Å². The highest BCUT2D eigenvalue weighted by molar-refractivity contribution is 7.85. The number of imidazole rings is 1. The second-order valence-corrected chi connectivity index (χ2v) is 8.99. The van der Waals surface area contributed by atoms with Gasteiger partial charge in [-0.2, -0.15) is 0 Å². The Balaban J connectivity index is 2.06. The standard InChI is InChI=1S/C21H27ClN4OS/c1-4-17-5-6-18(20(22)11-17)19(15(2)12-23)14-26-16(3)24-13-21(26)25-7-9-28(27)10-8-25/h5-6,11,13-14H,2,4,7-10,12,23H2,1,3H3/b19-14+. The predicted octanol–water partition coefficient (Wildman–Crippen LogP) is 3.49. The number of rotatable bonds is 6. The lowest BCUT2D eigenvalue weighted by Gasteiger charge is -2.28. The molecular formula is C21H27ClN4OS. The topological polar surface area (TPSA) is 64.2 Å². The van der Waals surface area contributed by atoms with Crippen molar-refractivity contribution in [3.05, 3.63) is 58.5 Å². The highest BCUT2D eigenvalue weighted by atomic mass is 35.5. The maximum atomic E-state index is 11.7. The number of benzene rings is 1. The molecule has 1 saturated heterocycles. The smallest absolute Gasteiger partial charge is 0.133 e. The highest BCUT2D eigenvalue weighted by Crippen LogP contribution is 2.31. The van der Waals surface area contributed by atoms with E-state index in [0.717, 1.165) is 47.9 Å². The summed E-state index contributed by atoms with van der Waals surface area (Å²) in [5.41, 5.74) is 9.74. The monoisotopic (exact) mass is 418 g/mol. The Bertz CT molecular complexity index is 924. The summed E-state index contributed by atoms with van der Waals surface area (Å²) in [6.45, 7) is 10.1. The van der Waals surface area contributed by atoms with E-state index in [4.69, 9.17) is 17.3 Å². The van der Waals surface area contributed by atoms with Gasteiger partial charge in [0.05, 0.1) is 6.20 Å². The van der Waals surface area contributed by atoms with E-state index in [0.29, 0.717) is 23.1 Å². The van der Waals surface area contributed by atoms with Crippen LogP contribution in [0, 0.1) is 6.92 Å². The molecule has 1 aliphatic rings. The minimum atomic E-state index is -0.725. The zero-order valence-corrected chi connectivity index (χ0v) is 18.0. The first-order chi connectivity index (χ1) is 13.4. The molecule has 1 aromatic carbocycles. The lowest BCUT2D eigenvalue weighted by atomic mass is 9.98. The van der Waals surface area contributed by atoms with Gasteiger partial charge in [0.15, 0.2) is 0 Å². The molecule has 2 aromatic rings. The second kappa shape index (κ2) is 9.07. The van der Waals surface area contributed by atoms with Crippen molar-refractivity contribution in [1.29, 1.82) is 0 Å². The van der Waals surface area contributed by atoms with Crippen LogP contribution in [0.25, 0.3) is 11.8 Å². The van der Waals surface area contributed by atoms with E-state index < -0.39 is 10.8 Å². The zero-order valence-electron chi connectivity index (χ0n) is 16.4. The molecule has 2 N–H and O–H groups in total. The van der Waals surface area contributed by atoms with Crippen molar-refractivity contribution in [2.75, 3.05) is 36.0 Å². The lowest BCUT2D eigenvalue weighted by molar-refractivity contribution is 0.672. The Hall–Kier alpha value is -1.89. The fourth-order valence-electron chi connectivity index (χ4n) is 3.29. The van der Waals surface area contributed by atoms with Crippen LogP contribution in [-0.2, 0) is 17.2 Å². The Labute approximate surface area is 174 Å². The van der Waals surface area contributed by atoms with Gasteiger partial charge in [-0.15, -0.1) is 0 Å². The Morgan fingerprint density at radius 2 is 2.11 bits per heavy atom. The van der Waals surface area contributed by atoms with Crippen molar-refractivity contribution in [2.24, 2.45) is 5.73 Å². The Morgan fingerprint density at radius 1 is 1.39 bits per heavy atom. The third kappa shape index (κ3) is 4.40. The molecule has 0 unspecified atom stereocenters. The summed E-state index contributed by atoms with van der Waals surface area (Å²) in [5.74, 6) is 3.21. The molecule has 1 aliphatic heterocycles. The van der Waals surface area contributed by atoms with Gasteiger partial charge in [0.25, 0.3) is 0 Å². The van der Waals surface area contributed by atoms with E-state index in [9.17, 15) is 4.21 Å². The first-order valence-corrected chi connectivity index (χ1v) is 11.3. The molecule has 5 nitrogen and oxygen atoms in total. The second-order valence-electron chi connectivity index (χ2n) is 6.89. The van der Waals surface area contributed by atoms with Gasteiger partial charge in [-0.3, -0.25) is 8.78 Å².